The highest BCUT2D eigenvalue weighted by Gasteiger charge is 2.61. The molecule has 0 radical (unpaired) electrons. The molecule has 0 saturated carbocycles. The van der Waals surface area contributed by atoms with Crippen LogP contribution in [0, 0.1) is 48.1 Å². The summed E-state index contributed by atoms with van der Waals surface area (Å²) in [6.45, 7) is 3.48. The Morgan fingerprint density at radius 3 is 1.83 bits per heavy atom. The lowest BCUT2D eigenvalue weighted by molar-refractivity contribution is -0.385. The van der Waals surface area contributed by atoms with Crippen LogP contribution in [0.15, 0.2) is 83.4 Å². The summed E-state index contributed by atoms with van der Waals surface area (Å²) in [5.74, 6) is -3.13. The number of thioether (sulfide) groups is 1. The number of carbonyl (C=O) groups excluding carboxylic acids is 5. The van der Waals surface area contributed by atoms with E-state index in [2.05, 4.69) is 0 Å². The van der Waals surface area contributed by atoms with E-state index in [0.29, 0.717) is 34.6 Å². The first-order valence-corrected chi connectivity index (χ1v) is 23.2. The molecule has 0 aliphatic carbocycles. The van der Waals surface area contributed by atoms with E-state index >= 15 is 0 Å². The summed E-state index contributed by atoms with van der Waals surface area (Å²) in [6, 6.07) is 14.9. The van der Waals surface area contributed by atoms with Gasteiger partial charge in [0.2, 0.25) is 11.8 Å². The van der Waals surface area contributed by atoms with Crippen LogP contribution in [-0.2, 0) is 48.4 Å². The number of rotatable bonds is 18. The molecule has 3 aromatic rings. The summed E-state index contributed by atoms with van der Waals surface area (Å²) in [5, 5.41) is 55.1. The zero-order valence-corrected chi connectivity index (χ0v) is 39.1. The fourth-order valence-electron chi connectivity index (χ4n) is 9.29. The average Bonchev–Trinajstić information content (AvgIpc) is 4.05. The molecule has 1 unspecified atom stereocenters. The van der Waals surface area contributed by atoms with E-state index in [4.69, 9.17) is 14.2 Å². The molecule has 0 spiro atoms. The van der Waals surface area contributed by atoms with Crippen LogP contribution >= 0.6 is 11.8 Å². The van der Waals surface area contributed by atoms with Gasteiger partial charge in [0.25, 0.3) is 17.1 Å². The number of amides is 4. The fourth-order valence-corrected chi connectivity index (χ4v) is 10.8. The van der Waals surface area contributed by atoms with Crippen molar-refractivity contribution in [3.05, 3.63) is 130 Å². The average molecular weight is 990 g/mol. The quantitative estimate of drug-likeness (QED) is 0.0563. The normalized spacial score (nSPS) is 22.5. The number of aliphatic hydroxyl groups excluding tert-OH is 2. The van der Waals surface area contributed by atoms with E-state index in [0.717, 1.165) is 0 Å². The Labute approximate surface area is 404 Å². The Balaban J connectivity index is 1.03. The molecule has 4 aliphatic heterocycles. The maximum Gasteiger partial charge on any atom is 0.410 e. The third kappa shape index (κ3) is 11.3. The zero-order chi connectivity index (χ0) is 50.6. The highest BCUT2D eigenvalue weighted by Crippen LogP contribution is 2.53. The molecule has 372 valence electrons. The van der Waals surface area contributed by atoms with Crippen molar-refractivity contribution in [3.63, 3.8) is 0 Å². The number of aliphatic hydroxyl groups is 2. The van der Waals surface area contributed by atoms with Crippen LogP contribution < -0.4 is 0 Å². The molecule has 4 heterocycles. The maximum absolute atomic E-state index is 13.9. The minimum atomic E-state index is -1.40. The number of β-lactam (4-membered cyclic amide) rings is 1. The van der Waals surface area contributed by atoms with Crippen molar-refractivity contribution in [2.24, 2.45) is 17.8 Å². The van der Waals surface area contributed by atoms with Crippen LogP contribution in [0.5, 0.6) is 0 Å². The summed E-state index contributed by atoms with van der Waals surface area (Å²) in [6.07, 6.45) is -3.62. The van der Waals surface area contributed by atoms with Crippen LogP contribution in [-0.4, -0.2) is 137 Å². The first kappa shape index (κ1) is 50.7. The first-order chi connectivity index (χ1) is 33.3. The van der Waals surface area contributed by atoms with Gasteiger partial charge in [0.1, 0.15) is 25.5 Å². The van der Waals surface area contributed by atoms with Gasteiger partial charge in [-0.05, 0) is 78.8 Å². The number of benzene rings is 3. The molecule has 8 atom stereocenters. The van der Waals surface area contributed by atoms with E-state index in [1.165, 1.54) is 106 Å². The van der Waals surface area contributed by atoms with Gasteiger partial charge >= 0.3 is 18.2 Å². The number of ether oxygens (including phenoxy) is 3. The van der Waals surface area contributed by atoms with E-state index in [1.807, 2.05) is 0 Å². The predicted octanol–water partition coefficient (Wildman–Crippen LogP) is 4.90. The molecule has 23 nitrogen and oxygen atoms in total. The second-order valence-corrected chi connectivity index (χ2v) is 19.1. The van der Waals surface area contributed by atoms with Crippen LogP contribution in [0.25, 0.3) is 0 Å². The number of nitro benzene ring substituents is 3. The third-order valence-electron chi connectivity index (χ3n) is 13.0. The molecule has 4 amide bonds. The molecule has 2 N–H and O–H groups in total. The number of carbonyl (C=O) groups is 5. The minimum Gasteiger partial charge on any atom is -0.456 e. The Morgan fingerprint density at radius 1 is 0.800 bits per heavy atom. The smallest absolute Gasteiger partial charge is 0.410 e. The van der Waals surface area contributed by atoms with Gasteiger partial charge in [-0.25, -0.2) is 14.4 Å². The number of hydrogen-bond acceptors (Lipinski definition) is 17. The van der Waals surface area contributed by atoms with Crippen molar-refractivity contribution < 1.29 is 63.2 Å². The van der Waals surface area contributed by atoms with Gasteiger partial charge in [0, 0.05) is 85.7 Å². The molecule has 3 aromatic carbocycles. The van der Waals surface area contributed by atoms with Crippen LogP contribution in [0.2, 0.25) is 0 Å². The van der Waals surface area contributed by atoms with Crippen LogP contribution in [0.1, 0.15) is 49.8 Å². The Kier molecular flexibility index (Phi) is 15.7. The fraction of sp³-hybridized carbons (Fsp3) is 0.457. The molecule has 0 bridgehead atoms. The van der Waals surface area contributed by atoms with Gasteiger partial charge in [-0.2, -0.15) is 0 Å². The molecule has 4 aliphatic rings. The van der Waals surface area contributed by atoms with Gasteiger partial charge < -0.3 is 44.0 Å². The molecular weight excluding hydrogens is 939 g/mol. The lowest BCUT2D eigenvalue weighted by Gasteiger charge is -2.46. The van der Waals surface area contributed by atoms with Gasteiger partial charge in [0.15, 0.2) is 0 Å². The van der Waals surface area contributed by atoms with Crippen molar-refractivity contribution in [1.82, 2.24) is 19.6 Å². The zero-order valence-electron chi connectivity index (χ0n) is 38.3. The van der Waals surface area contributed by atoms with Gasteiger partial charge in [-0.3, -0.25) is 39.9 Å². The summed E-state index contributed by atoms with van der Waals surface area (Å²) in [7, 11) is 1.55. The topological polar surface area (TPSA) is 296 Å². The number of hydrogen-bond donors (Lipinski definition) is 2. The predicted molar refractivity (Wildman–Crippen MR) is 246 cm³/mol. The van der Waals surface area contributed by atoms with E-state index in [1.54, 1.807) is 18.9 Å². The number of esters is 1. The Bertz CT molecular complexity index is 2540. The first-order valence-electron chi connectivity index (χ1n) is 22.4. The minimum absolute atomic E-state index is 0.0299. The summed E-state index contributed by atoms with van der Waals surface area (Å²) < 4.78 is 16.7. The summed E-state index contributed by atoms with van der Waals surface area (Å²) >= 11 is 1.21. The summed E-state index contributed by atoms with van der Waals surface area (Å²) in [4.78, 5) is 106. The van der Waals surface area contributed by atoms with E-state index < -0.39 is 86.1 Å². The molecule has 0 aromatic heterocycles. The van der Waals surface area contributed by atoms with Crippen molar-refractivity contribution in [3.8, 4) is 0 Å². The number of likely N-dealkylation sites (tertiary alicyclic amines) is 2. The molecule has 7 rings (SSSR count). The van der Waals surface area contributed by atoms with Crippen LogP contribution in [0.3, 0.4) is 0 Å². The maximum atomic E-state index is 13.9. The SMILES string of the molecule is C[C@@H](O)[C@H]1C(=O)N2C(C(=O)OCc3ccc([N+](=O)[O-])cc3)=C(S[C@H]3C[C@@H](C(O)CC(=O)N4CC[C@@H](CN(C)C(=O)OCc5ccc([N+](=O)[O-])cc5)C4)N(C(=O)OCc4ccc([N+](=O)[O-])cc4)C3)[C@H](C)[C@H]12. The van der Waals surface area contributed by atoms with Crippen molar-refractivity contribution in [2.45, 2.75) is 82.5 Å². The number of nitro groups is 3. The molecule has 24 heteroatoms. The molecule has 3 saturated heterocycles. The monoisotopic (exact) mass is 989 g/mol. The second-order valence-electron chi connectivity index (χ2n) is 17.8. The molecular formula is C46H51N7O16S. The van der Waals surface area contributed by atoms with Crippen molar-refractivity contribution >= 4 is 58.8 Å². The number of fused-ring (bicyclic) bond motifs is 1. The van der Waals surface area contributed by atoms with Gasteiger partial charge in [-0.1, -0.05) is 6.92 Å². The lowest BCUT2D eigenvalue weighted by atomic mass is 9.79. The summed E-state index contributed by atoms with van der Waals surface area (Å²) in [5.41, 5.74) is 1.02. The van der Waals surface area contributed by atoms with Crippen molar-refractivity contribution in [1.29, 1.82) is 0 Å². The third-order valence-corrected chi connectivity index (χ3v) is 14.5. The molecule has 70 heavy (non-hydrogen) atoms. The van der Waals surface area contributed by atoms with Gasteiger partial charge in [-0.15, -0.1) is 11.8 Å². The highest BCUT2D eigenvalue weighted by atomic mass is 32.2. The van der Waals surface area contributed by atoms with E-state index in [9.17, 15) is 64.5 Å². The Morgan fingerprint density at radius 2 is 1.31 bits per heavy atom. The second kappa shape index (κ2) is 21.6. The molecule has 3 fully saturated rings. The standard InChI is InChI=1S/C46H51N7O16S/c1-26-40-39(27(2)54)43(57)50(40)41(44(58)67-23-28-4-10-32(11-5-28)51(61)62)42(26)70-35-18-36(49(22-35)46(60)69-25-30-8-14-34(15-9-30)53(65)66)37(55)19-38(56)48-17-16-31(21-48)20-47(3)45(59)68-24-29-6-12-33(13-7-29)52(63)64/h4-15,26-27,31,35-37,39-40,54-55H,16-25H2,1-3H3/t26-,27-,31+,35+,36+,37?,39-,40-/m1/s1. The Hall–Kier alpha value is -7.18. The van der Waals surface area contributed by atoms with Crippen molar-refractivity contribution in [2.75, 3.05) is 33.2 Å². The van der Waals surface area contributed by atoms with E-state index in [-0.39, 0.29) is 81.0 Å². The lowest BCUT2D eigenvalue weighted by Crippen LogP contribution is -2.63. The van der Waals surface area contributed by atoms with Crippen LogP contribution in [0.4, 0.5) is 26.7 Å². The largest absolute Gasteiger partial charge is 0.456 e. The van der Waals surface area contributed by atoms with Gasteiger partial charge in [0.05, 0.1) is 51.4 Å². The number of non-ortho nitro benzene ring substituents is 3. The number of nitrogens with zero attached hydrogens (tertiary/aromatic N) is 7. The highest BCUT2D eigenvalue weighted by molar-refractivity contribution is 8.03.